The third-order valence-corrected chi connectivity index (χ3v) is 5.78. The average molecular weight is 360 g/mol. The van der Waals surface area contributed by atoms with E-state index in [2.05, 4.69) is 41.4 Å². The summed E-state index contributed by atoms with van der Waals surface area (Å²) in [6.45, 7) is 6.31. The summed E-state index contributed by atoms with van der Waals surface area (Å²) in [7, 11) is 0. The number of aryl methyl sites for hydroxylation is 1. The fraction of sp³-hybridized carbons (Fsp3) is 0.667. The van der Waals surface area contributed by atoms with Crippen molar-refractivity contribution in [2.75, 3.05) is 32.7 Å². The van der Waals surface area contributed by atoms with Gasteiger partial charge in [-0.3, -0.25) is 0 Å². The van der Waals surface area contributed by atoms with E-state index in [9.17, 15) is 9.90 Å². The molecule has 2 aliphatic heterocycles. The van der Waals surface area contributed by atoms with E-state index < -0.39 is 5.60 Å². The zero-order chi connectivity index (χ0) is 18.4. The van der Waals surface area contributed by atoms with Gasteiger partial charge in [0.1, 0.15) is 0 Å². The van der Waals surface area contributed by atoms with E-state index in [1.807, 2.05) is 11.0 Å². The molecule has 144 valence electrons. The molecule has 2 saturated heterocycles. The van der Waals surface area contributed by atoms with Crippen LogP contribution in [0.4, 0.5) is 4.79 Å². The van der Waals surface area contributed by atoms with E-state index in [1.165, 1.54) is 18.4 Å². The molecule has 1 aromatic rings. The molecule has 0 spiro atoms. The molecule has 0 saturated carbocycles. The summed E-state index contributed by atoms with van der Waals surface area (Å²) in [5, 5.41) is 13.9. The lowest BCUT2D eigenvalue weighted by Crippen LogP contribution is -2.54. The number of benzene rings is 1. The van der Waals surface area contributed by atoms with Crippen molar-refractivity contribution in [3.63, 3.8) is 0 Å². The van der Waals surface area contributed by atoms with Crippen molar-refractivity contribution >= 4 is 6.03 Å². The lowest BCUT2D eigenvalue weighted by atomic mass is 9.91. The van der Waals surface area contributed by atoms with Gasteiger partial charge in [0.05, 0.1) is 5.60 Å². The van der Waals surface area contributed by atoms with E-state index >= 15 is 0 Å². The summed E-state index contributed by atoms with van der Waals surface area (Å²) in [6.07, 6.45) is 5.74. The van der Waals surface area contributed by atoms with Crippen LogP contribution >= 0.6 is 0 Å². The number of rotatable bonds is 6. The Morgan fingerprint density at radius 3 is 2.46 bits per heavy atom. The average Bonchev–Trinajstić information content (AvgIpc) is 3.14. The second kappa shape index (κ2) is 8.87. The lowest BCUT2D eigenvalue weighted by Gasteiger charge is -2.40. The van der Waals surface area contributed by atoms with Crippen molar-refractivity contribution in [1.82, 2.24) is 15.1 Å². The van der Waals surface area contributed by atoms with Gasteiger partial charge < -0.3 is 20.2 Å². The molecule has 2 fully saturated rings. The molecule has 0 bridgehead atoms. The zero-order valence-corrected chi connectivity index (χ0v) is 16.0. The normalized spacial score (nSPS) is 21.5. The highest BCUT2D eigenvalue weighted by Gasteiger charge is 2.36. The quantitative estimate of drug-likeness (QED) is 0.821. The smallest absolute Gasteiger partial charge is 0.317 e. The molecule has 0 unspecified atom stereocenters. The second-order valence-electron chi connectivity index (χ2n) is 8.07. The number of nitrogens with zero attached hydrogens (tertiary/aromatic N) is 2. The van der Waals surface area contributed by atoms with Crippen LogP contribution in [0.5, 0.6) is 0 Å². The maximum Gasteiger partial charge on any atom is 0.317 e. The van der Waals surface area contributed by atoms with Crippen molar-refractivity contribution in [3.8, 4) is 0 Å². The topological polar surface area (TPSA) is 55.8 Å². The van der Waals surface area contributed by atoms with Gasteiger partial charge in [-0.1, -0.05) is 30.3 Å². The molecule has 2 aliphatic rings. The van der Waals surface area contributed by atoms with Gasteiger partial charge in [0.2, 0.25) is 0 Å². The summed E-state index contributed by atoms with van der Waals surface area (Å²) in [5.74, 6) is 0. The number of β-amino-alcohol motifs (C(OH)–C–C–N with tert-alkyl or cyclic N) is 1. The SMILES string of the molecule is C[C@@H](CCc1ccccc1)NC(=O)N1CCC(O)(CN2CCCC2)CC1. The van der Waals surface area contributed by atoms with Gasteiger partial charge in [-0.2, -0.15) is 0 Å². The molecule has 2 heterocycles. The Balaban J connectivity index is 1.38. The molecule has 0 radical (unpaired) electrons. The van der Waals surface area contributed by atoms with Crippen LogP contribution in [0, 0.1) is 0 Å². The first-order valence-corrected chi connectivity index (χ1v) is 10.1. The van der Waals surface area contributed by atoms with Crippen LogP contribution in [0.15, 0.2) is 30.3 Å². The summed E-state index contributed by atoms with van der Waals surface area (Å²) < 4.78 is 0. The Hall–Kier alpha value is -1.59. The van der Waals surface area contributed by atoms with Crippen molar-refractivity contribution in [3.05, 3.63) is 35.9 Å². The summed E-state index contributed by atoms with van der Waals surface area (Å²) >= 11 is 0. The first-order valence-electron chi connectivity index (χ1n) is 10.1. The Kier molecular flexibility index (Phi) is 6.54. The zero-order valence-electron chi connectivity index (χ0n) is 16.0. The van der Waals surface area contributed by atoms with E-state index in [1.54, 1.807) is 0 Å². The monoisotopic (exact) mass is 359 g/mol. The van der Waals surface area contributed by atoms with Crippen molar-refractivity contribution in [2.45, 2.75) is 57.1 Å². The van der Waals surface area contributed by atoms with E-state index in [4.69, 9.17) is 0 Å². The molecule has 5 heteroatoms. The number of carbonyl (C=O) groups excluding carboxylic acids is 1. The van der Waals surface area contributed by atoms with E-state index in [0.717, 1.165) is 32.5 Å². The Morgan fingerprint density at radius 1 is 1.15 bits per heavy atom. The first-order chi connectivity index (χ1) is 12.5. The van der Waals surface area contributed by atoms with Crippen LogP contribution in [0.3, 0.4) is 0 Å². The van der Waals surface area contributed by atoms with Crippen molar-refractivity contribution < 1.29 is 9.90 Å². The van der Waals surface area contributed by atoms with Crippen LogP contribution < -0.4 is 5.32 Å². The van der Waals surface area contributed by atoms with Crippen molar-refractivity contribution in [1.29, 1.82) is 0 Å². The number of hydrogen-bond donors (Lipinski definition) is 2. The number of amides is 2. The number of aliphatic hydroxyl groups is 1. The number of urea groups is 1. The highest BCUT2D eigenvalue weighted by atomic mass is 16.3. The molecule has 0 aromatic heterocycles. The molecule has 5 nitrogen and oxygen atoms in total. The highest BCUT2D eigenvalue weighted by Crippen LogP contribution is 2.25. The Morgan fingerprint density at radius 2 is 1.81 bits per heavy atom. The van der Waals surface area contributed by atoms with Crippen LogP contribution in [0.1, 0.15) is 44.6 Å². The predicted molar refractivity (Wildman–Crippen MR) is 104 cm³/mol. The standard InChI is InChI=1S/C21H33N3O2/c1-18(9-10-19-7-3-2-4-8-19)22-20(25)24-15-11-21(26,12-16-24)17-23-13-5-6-14-23/h2-4,7-8,18,26H,5-6,9-17H2,1H3,(H,22,25)/t18-/m0/s1. The summed E-state index contributed by atoms with van der Waals surface area (Å²) in [5.41, 5.74) is 0.679. The van der Waals surface area contributed by atoms with Gasteiger partial charge in [-0.25, -0.2) is 4.79 Å². The van der Waals surface area contributed by atoms with Crippen molar-refractivity contribution in [2.24, 2.45) is 0 Å². The molecule has 1 atom stereocenters. The molecule has 0 aliphatic carbocycles. The Bertz CT molecular complexity index is 564. The number of hydrogen-bond acceptors (Lipinski definition) is 3. The van der Waals surface area contributed by atoms with Gasteiger partial charge in [-0.05, 0) is 64.1 Å². The number of nitrogens with one attached hydrogen (secondary N) is 1. The number of carbonyl (C=O) groups is 1. The number of piperidine rings is 1. The minimum Gasteiger partial charge on any atom is -0.388 e. The fourth-order valence-corrected chi connectivity index (χ4v) is 4.04. The maximum absolute atomic E-state index is 12.5. The van der Waals surface area contributed by atoms with Crippen LogP contribution in [0.25, 0.3) is 0 Å². The van der Waals surface area contributed by atoms with Gasteiger partial charge in [0, 0.05) is 25.7 Å². The minimum atomic E-state index is -0.625. The van der Waals surface area contributed by atoms with Crippen LogP contribution in [0.2, 0.25) is 0 Å². The lowest BCUT2D eigenvalue weighted by molar-refractivity contribution is -0.0340. The molecular weight excluding hydrogens is 326 g/mol. The molecule has 1 aromatic carbocycles. The Labute approximate surface area is 157 Å². The molecular formula is C21H33N3O2. The first kappa shape index (κ1) is 19.2. The number of likely N-dealkylation sites (tertiary alicyclic amines) is 2. The maximum atomic E-state index is 12.5. The second-order valence-corrected chi connectivity index (χ2v) is 8.07. The molecule has 3 rings (SSSR count). The summed E-state index contributed by atoms with van der Waals surface area (Å²) in [6, 6.07) is 10.5. The third-order valence-electron chi connectivity index (χ3n) is 5.78. The van der Waals surface area contributed by atoms with E-state index in [0.29, 0.717) is 25.9 Å². The third kappa shape index (κ3) is 5.45. The van der Waals surface area contributed by atoms with E-state index in [-0.39, 0.29) is 12.1 Å². The van der Waals surface area contributed by atoms with Gasteiger partial charge in [0.15, 0.2) is 0 Å². The largest absolute Gasteiger partial charge is 0.388 e. The summed E-state index contributed by atoms with van der Waals surface area (Å²) in [4.78, 5) is 16.7. The predicted octanol–water partition coefficient (Wildman–Crippen LogP) is 2.64. The minimum absolute atomic E-state index is 0.00813. The van der Waals surface area contributed by atoms with Gasteiger partial charge in [0.25, 0.3) is 0 Å². The van der Waals surface area contributed by atoms with Gasteiger partial charge >= 0.3 is 6.03 Å². The fourth-order valence-electron chi connectivity index (χ4n) is 4.04. The molecule has 2 N–H and O–H groups in total. The van der Waals surface area contributed by atoms with Gasteiger partial charge in [-0.15, -0.1) is 0 Å². The molecule has 2 amide bonds. The highest BCUT2D eigenvalue weighted by molar-refractivity contribution is 5.74. The van der Waals surface area contributed by atoms with Crippen LogP contribution in [-0.4, -0.2) is 65.3 Å². The molecule has 26 heavy (non-hydrogen) atoms. The van der Waals surface area contributed by atoms with Crippen LogP contribution in [-0.2, 0) is 6.42 Å².